The molecule has 0 aliphatic rings. The van der Waals surface area contributed by atoms with E-state index in [-0.39, 0.29) is 0 Å². The van der Waals surface area contributed by atoms with Gasteiger partial charge in [-0.2, -0.15) is 0 Å². The van der Waals surface area contributed by atoms with Crippen LogP contribution in [0, 0.1) is 0 Å². The number of oxime groups is 1. The molecular formula is C15H11NO2. The lowest BCUT2D eigenvalue weighted by Gasteiger charge is -2.00. The molecule has 0 fully saturated rings. The molecule has 0 amide bonds. The van der Waals surface area contributed by atoms with Crippen LogP contribution in [0.5, 0.6) is 0 Å². The Morgan fingerprint density at radius 1 is 0.944 bits per heavy atom. The van der Waals surface area contributed by atoms with Crippen LogP contribution in [-0.4, -0.2) is 11.4 Å². The molecule has 1 heterocycles. The monoisotopic (exact) mass is 237 g/mol. The predicted octanol–water partition coefficient (Wildman–Crippen LogP) is 3.91. The van der Waals surface area contributed by atoms with Gasteiger partial charge in [-0.3, -0.25) is 0 Å². The summed E-state index contributed by atoms with van der Waals surface area (Å²) in [6.07, 6.45) is 1.27. The zero-order chi connectivity index (χ0) is 12.4. The van der Waals surface area contributed by atoms with Gasteiger partial charge >= 0.3 is 0 Å². The number of fused-ring (bicyclic) bond motifs is 1. The summed E-state index contributed by atoms with van der Waals surface area (Å²) in [5, 5.41) is 13.8. The van der Waals surface area contributed by atoms with Crippen molar-refractivity contribution in [1.82, 2.24) is 0 Å². The van der Waals surface area contributed by atoms with Crippen LogP contribution in [0.15, 0.2) is 64.2 Å². The van der Waals surface area contributed by atoms with E-state index in [0.29, 0.717) is 5.76 Å². The molecule has 0 saturated heterocycles. The molecular weight excluding hydrogens is 226 g/mol. The van der Waals surface area contributed by atoms with E-state index < -0.39 is 0 Å². The smallest absolute Gasteiger partial charge is 0.149 e. The molecule has 0 aliphatic carbocycles. The molecule has 3 rings (SSSR count). The minimum absolute atomic E-state index is 0.528. The van der Waals surface area contributed by atoms with Gasteiger partial charge in [-0.1, -0.05) is 41.6 Å². The molecule has 0 bridgehead atoms. The molecule has 88 valence electrons. The fourth-order valence-electron chi connectivity index (χ4n) is 1.98. The molecule has 0 atom stereocenters. The zero-order valence-corrected chi connectivity index (χ0v) is 9.58. The molecule has 0 radical (unpaired) electrons. The van der Waals surface area contributed by atoms with Gasteiger partial charge in [-0.15, -0.1) is 0 Å². The van der Waals surface area contributed by atoms with Crippen LogP contribution in [0.4, 0.5) is 0 Å². The third-order valence-electron chi connectivity index (χ3n) is 2.85. The molecule has 1 aromatic heterocycles. The summed E-state index contributed by atoms with van der Waals surface area (Å²) < 4.78 is 5.55. The van der Waals surface area contributed by atoms with Crippen LogP contribution in [-0.2, 0) is 0 Å². The molecule has 3 heteroatoms. The van der Waals surface area contributed by atoms with E-state index in [1.807, 2.05) is 24.3 Å². The first-order valence-corrected chi connectivity index (χ1v) is 5.63. The lowest BCUT2D eigenvalue weighted by Crippen LogP contribution is -1.76. The Hall–Kier alpha value is -2.55. The zero-order valence-electron chi connectivity index (χ0n) is 9.58. The maximum Gasteiger partial charge on any atom is 0.149 e. The maximum absolute atomic E-state index is 8.45. The van der Waals surface area contributed by atoms with Crippen LogP contribution in [0.2, 0.25) is 0 Å². The van der Waals surface area contributed by atoms with Gasteiger partial charge in [-0.25, -0.2) is 0 Å². The SMILES string of the molecule is ON=Cc1ccc(-c2ccc3ccccc3c2)o1. The average molecular weight is 237 g/mol. The van der Waals surface area contributed by atoms with Gasteiger partial charge < -0.3 is 9.62 Å². The van der Waals surface area contributed by atoms with Crippen molar-refractivity contribution in [1.29, 1.82) is 0 Å². The highest BCUT2D eigenvalue weighted by atomic mass is 16.4. The third-order valence-corrected chi connectivity index (χ3v) is 2.85. The summed E-state index contributed by atoms with van der Waals surface area (Å²) in [7, 11) is 0. The van der Waals surface area contributed by atoms with Gasteiger partial charge in [0.1, 0.15) is 17.7 Å². The van der Waals surface area contributed by atoms with Gasteiger partial charge in [-0.05, 0) is 29.0 Å². The highest BCUT2D eigenvalue weighted by Gasteiger charge is 2.04. The van der Waals surface area contributed by atoms with Crippen molar-refractivity contribution in [3.05, 3.63) is 60.4 Å². The minimum atomic E-state index is 0.528. The molecule has 18 heavy (non-hydrogen) atoms. The Labute approximate surface area is 104 Å². The molecule has 1 N–H and O–H groups in total. The number of nitrogens with zero attached hydrogens (tertiary/aromatic N) is 1. The van der Waals surface area contributed by atoms with Crippen molar-refractivity contribution in [3.8, 4) is 11.3 Å². The molecule has 0 unspecified atom stereocenters. The number of hydrogen-bond acceptors (Lipinski definition) is 3. The van der Waals surface area contributed by atoms with E-state index in [1.54, 1.807) is 6.07 Å². The summed E-state index contributed by atoms with van der Waals surface area (Å²) >= 11 is 0. The van der Waals surface area contributed by atoms with E-state index >= 15 is 0 Å². The first kappa shape index (κ1) is 10.6. The van der Waals surface area contributed by atoms with Crippen molar-refractivity contribution >= 4 is 17.0 Å². The fraction of sp³-hybridized carbons (Fsp3) is 0. The topological polar surface area (TPSA) is 45.7 Å². The summed E-state index contributed by atoms with van der Waals surface area (Å²) in [6.45, 7) is 0. The van der Waals surface area contributed by atoms with Gasteiger partial charge in [0.2, 0.25) is 0 Å². The fourth-order valence-corrected chi connectivity index (χ4v) is 1.98. The number of rotatable bonds is 2. The number of furan rings is 1. The van der Waals surface area contributed by atoms with Crippen molar-refractivity contribution in [2.75, 3.05) is 0 Å². The first-order valence-electron chi connectivity index (χ1n) is 5.63. The number of benzene rings is 2. The standard InChI is InChI=1S/C15H11NO2/c17-16-10-14-7-8-15(18-14)13-6-5-11-3-1-2-4-12(11)9-13/h1-10,17H. The molecule has 3 aromatic rings. The molecule has 0 spiro atoms. The van der Waals surface area contributed by atoms with E-state index in [0.717, 1.165) is 11.3 Å². The van der Waals surface area contributed by atoms with E-state index in [4.69, 9.17) is 9.62 Å². The van der Waals surface area contributed by atoms with Crippen LogP contribution in [0.3, 0.4) is 0 Å². The Morgan fingerprint density at radius 3 is 2.61 bits per heavy atom. The minimum Gasteiger partial charge on any atom is -0.455 e. The maximum atomic E-state index is 8.45. The summed E-state index contributed by atoms with van der Waals surface area (Å²) in [4.78, 5) is 0. The van der Waals surface area contributed by atoms with Crippen LogP contribution < -0.4 is 0 Å². The van der Waals surface area contributed by atoms with E-state index in [2.05, 4.69) is 29.4 Å². The van der Waals surface area contributed by atoms with Crippen LogP contribution in [0.1, 0.15) is 5.76 Å². The summed E-state index contributed by atoms with van der Waals surface area (Å²) in [5.74, 6) is 1.29. The molecule has 0 saturated carbocycles. The van der Waals surface area contributed by atoms with Gasteiger partial charge in [0, 0.05) is 5.56 Å². The Bertz CT molecular complexity index is 713. The van der Waals surface area contributed by atoms with Crippen LogP contribution in [0.25, 0.3) is 22.1 Å². The van der Waals surface area contributed by atoms with Crippen LogP contribution >= 0.6 is 0 Å². The Morgan fingerprint density at radius 2 is 1.78 bits per heavy atom. The quantitative estimate of drug-likeness (QED) is 0.417. The Kier molecular flexibility index (Phi) is 2.57. The normalized spacial score (nSPS) is 11.3. The highest BCUT2D eigenvalue weighted by molar-refractivity contribution is 5.87. The average Bonchev–Trinajstić information content (AvgIpc) is 2.87. The van der Waals surface area contributed by atoms with Gasteiger partial charge in [0.15, 0.2) is 0 Å². The van der Waals surface area contributed by atoms with Crippen molar-refractivity contribution < 1.29 is 9.62 Å². The van der Waals surface area contributed by atoms with Gasteiger partial charge in [0.25, 0.3) is 0 Å². The largest absolute Gasteiger partial charge is 0.455 e. The van der Waals surface area contributed by atoms with E-state index in [9.17, 15) is 0 Å². The van der Waals surface area contributed by atoms with Crippen molar-refractivity contribution in [2.24, 2.45) is 5.16 Å². The van der Waals surface area contributed by atoms with E-state index in [1.165, 1.54) is 17.0 Å². The highest BCUT2D eigenvalue weighted by Crippen LogP contribution is 2.25. The first-order chi connectivity index (χ1) is 8.86. The summed E-state index contributed by atoms with van der Waals surface area (Å²) in [5.41, 5.74) is 1.01. The Balaban J connectivity index is 2.07. The third kappa shape index (κ3) is 1.86. The lowest BCUT2D eigenvalue weighted by atomic mass is 10.1. The second kappa shape index (κ2) is 4.37. The lowest BCUT2D eigenvalue weighted by molar-refractivity contribution is 0.321. The summed E-state index contributed by atoms with van der Waals surface area (Å²) in [6, 6.07) is 18.0. The second-order valence-electron chi connectivity index (χ2n) is 4.01. The number of hydrogen-bond donors (Lipinski definition) is 1. The second-order valence-corrected chi connectivity index (χ2v) is 4.01. The predicted molar refractivity (Wildman–Crippen MR) is 71.0 cm³/mol. The molecule has 3 nitrogen and oxygen atoms in total. The molecule has 0 aliphatic heterocycles. The van der Waals surface area contributed by atoms with Gasteiger partial charge in [0.05, 0.1) is 0 Å². The molecule has 2 aromatic carbocycles. The van der Waals surface area contributed by atoms with Crippen molar-refractivity contribution in [3.63, 3.8) is 0 Å². The van der Waals surface area contributed by atoms with Crippen molar-refractivity contribution in [2.45, 2.75) is 0 Å².